The molecule has 1 aliphatic rings. The first kappa shape index (κ1) is 16.2. The lowest BCUT2D eigenvalue weighted by Gasteiger charge is -2.10. The van der Waals surface area contributed by atoms with Crippen molar-refractivity contribution in [1.29, 1.82) is 0 Å². The summed E-state index contributed by atoms with van der Waals surface area (Å²) >= 11 is 7.56. The lowest BCUT2D eigenvalue weighted by molar-refractivity contribution is -0.119. The van der Waals surface area contributed by atoms with Crippen LogP contribution >= 0.6 is 22.9 Å². The predicted molar refractivity (Wildman–Crippen MR) is 93.8 cm³/mol. The lowest BCUT2D eigenvalue weighted by Crippen LogP contribution is -2.15. The maximum absolute atomic E-state index is 13.5. The standard InChI is InChI=1S/C17H14ClFN4OS/c18-13-7-11(3-4-14(13)19)23-17(10-6-16(24)20-9-10)21-15(22-23)8-12-2-1-5-25-12/h1-5,7,10H,6,8-9H2,(H,20,24)/t10-/m0/s1. The number of benzene rings is 1. The molecule has 0 saturated carbocycles. The summed E-state index contributed by atoms with van der Waals surface area (Å²) in [6.07, 6.45) is 0.979. The molecule has 1 saturated heterocycles. The van der Waals surface area contributed by atoms with Crippen LogP contribution in [-0.4, -0.2) is 27.2 Å². The number of amides is 1. The average Bonchev–Trinajstić information content (AvgIpc) is 3.31. The molecule has 3 aromatic rings. The molecule has 8 heteroatoms. The zero-order chi connectivity index (χ0) is 17.4. The zero-order valence-corrected chi connectivity index (χ0v) is 14.6. The smallest absolute Gasteiger partial charge is 0.220 e. The first-order chi connectivity index (χ1) is 12.1. The second kappa shape index (κ2) is 6.57. The number of nitrogens with zero attached hydrogens (tertiary/aromatic N) is 3. The molecule has 1 fully saturated rings. The molecule has 1 atom stereocenters. The van der Waals surface area contributed by atoms with E-state index in [-0.39, 0.29) is 16.8 Å². The molecule has 3 heterocycles. The third kappa shape index (κ3) is 3.29. The number of hydrogen-bond acceptors (Lipinski definition) is 4. The van der Waals surface area contributed by atoms with Crippen molar-refractivity contribution in [3.63, 3.8) is 0 Å². The third-order valence-electron chi connectivity index (χ3n) is 4.08. The monoisotopic (exact) mass is 376 g/mol. The number of carbonyl (C=O) groups is 1. The van der Waals surface area contributed by atoms with Crippen LogP contribution in [0.25, 0.3) is 5.69 Å². The predicted octanol–water partition coefficient (Wildman–Crippen LogP) is 3.32. The summed E-state index contributed by atoms with van der Waals surface area (Å²) in [6, 6.07) is 8.45. The number of aromatic nitrogens is 3. The Bertz CT molecular complexity index is 925. The Morgan fingerprint density at radius 1 is 1.40 bits per heavy atom. The molecule has 0 spiro atoms. The zero-order valence-electron chi connectivity index (χ0n) is 13.1. The van der Waals surface area contributed by atoms with Crippen molar-refractivity contribution in [3.05, 3.63) is 63.1 Å². The summed E-state index contributed by atoms with van der Waals surface area (Å²) in [6.45, 7) is 0.519. The van der Waals surface area contributed by atoms with Gasteiger partial charge in [-0.3, -0.25) is 4.79 Å². The second-order valence-electron chi connectivity index (χ2n) is 5.86. The Labute approximate surface area is 152 Å². The lowest BCUT2D eigenvalue weighted by atomic mass is 10.1. The average molecular weight is 377 g/mol. The molecule has 25 heavy (non-hydrogen) atoms. The van der Waals surface area contributed by atoms with Gasteiger partial charge in [0.05, 0.1) is 10.7 Å². The minimum absolute atomic E-state index is 0.00325. The van der Waals surface area contributed by atoms with E-state index in [9.17, 15) is 9.18 Å². The first-order valence-corrected chi connectivity index (χ1v) is 9.06. The molecule has 128 valence electrons. The highest BCUT2D eigenvalue weighted by Gasteiger charge is 2.29. The number of halogens is 2. The molecule has 2 aromatic heterocycles. The van der Waals surface area contributed by atoms with Gasteiger partial charge in [0.2, 0.25) is 5.91 Å². The molecule has 1 aliphatic heterocycles. The van der Waals surface area contributed by atoms with Crippen molar-refractivity contribution in [2.75, 3.05) is 6.54 Å². The van der Waals surface area contributed by atoms with E-state index in [1.54, 1.807) is 22.1 Å². The van der Waals surface area contributed by atoms with Gasteiger partial charge in [0.1, 0.15) is 11.6 Å². The summed E-state index contributed by atoms with van der Waals surface area (Å²) < 4.78 is 15.2. The number of thiophene rings is 1. The molecule has 0 unspecified atom stereocenters. The maximum atomic E-state index is 13.5. The van der Waals surface area contributed by atoms with Crippen molar-refractivity contribution < 1.29 is 9.18 Å². The normalized spacial score (nSPS) is 17.0. The Hall–Kier alpha value is -2.25. The van der Waals surface area contributed by atoms with Gasteiger partial charge in [-0.2, -0.15) is 5.10 Å². The van der Waals surface area contributed by atoms with Crippen LogP contribution in [0.1, 0.15) is 28.9 Å². The maximum Gasteiger partial charge on any atom is 0.220 e. The van der Waals surface area contributed by atoms with Gasteiger partial charge < -0.3 is 5.32 Å². The SMILES string of the molecule is O=C1C[C@H](c2nc(Cc3cccs3)nn2-c2ccc(F)c(Cl)c2)CN1. The van der Waals surface area contributed by atoms with Crippen LogP contribution in [0.2, 0.25) is 5.02 Å². The highest BCUT2D eigenvalue weighted by Crippen LogP contribution is 2.27. The summed E-state index contributed by atoms with van der Waals surface area (Å²) in [5, 5.41) is 9.44. The van der Waals surface area contributed by atoms with Crippen molar-refractivity contribution in [3.8, 4) is 5.69 Å². The van der Waals surface area contributed by atoms with Gasteiger partial charge in [0.25, 0.3) is 0 Å². The summed E-state index contributed by atoms with van der Waals surface area (Å²) in [5.41, 5.74) is 0.630. The molecule has 5 nitrogen and oxygen atoms in total. The van der Waals surface area contributed by atoms with Crippen molar-refractivity contribution in [2.45, 2.75) is 18.8 Å². The van der Waals surface area contributed by atoms with Gasteiger partial charge >= 0.3 is 0 Å². The fourth-order valence-electron chi connectivity index (χ4n) is 2.87. The molecule has 1 aromatic carbocycles. The van der Waals surface area contributed by atoms with E-state index in [4.69, 9.17) is 11.6 Å². The van der Waals surface area contributed by atoms with Crippen LogP contribution in [0.3, 0.4) is 0 Å². The number of hydrogen-bond donors (Lipinski definition) is 1. The van der Waals surface area contributed by atoms with E-state index in [1.165, 1.54) is 12.1 Å². The number of nitrogens with one attached hydrogen (secondary N) is 1. The van der Waals surface area contributed by atoms with Gasteiger partial charge in [-0.1, -0.05) is 17.7 Å². The highest BCUT2D eigenvalue weighted by atomic mass is 35.5. The third-order valence-corrected chi connectivity index (χ3v) is 5.24. The Kier molecular flexibility index (Phi) is 4.27. The largest absolute Gasteiger partial charge is 0.355 e. The minimum atomic E-state index is -0.483. The van der Waals surface area contributed by atoms with Crippen LogP contribution in [-0.2, 0) is 11.2 Å². The van der Waals surface area contributed by atoms with E-state index in [0.29, 0.717) is 36.7 Å². The fourth-order valence-corrected chi connectivity index (χ4v) is 3.75. The van der Waals surface area contributed by atoms with Crippen molar-refractivity contribution in [1.82, 2.24) is 20.1 Å². The van der Waals surface area contributed by atoms with E-state index in [2.05, 4.69) is 15.4 Å². The quantitative estimate of drug-likeness (QED) is 0.759. The van der Waals surface area contributed by atoms with E-state index in [1.807, 2.05) is 17.5 Å². The van der Waals surface area contributed by atoms with Crippen LogP contribution in [0.5, 0.6) is 0 Å². The van der Waals surface area contributed by atoms with E-state index in [0.717, 1.165) is 4.88 Å². The van der Waals surface area contributed by atoms with Gasteiger partial charge in [-0.15, -0.1) is 11.3 Å². The van der Waals surface area contributed by atoms with Gasteiger partial charge in [-0.25, -0.2) is 14.1 Å². The van der Waals surface area contributed by atoms with E-state index < -0.39 is 5.82 Å². The molecular weight excluding hydrogens is 363 g/mol. The van der Waals surface area contributed by atoms with E-state index >= 15 is 0 Å². The summed E-state index contributed by atoms with van der Waals surface area (Å²) in [5.74, 6) is 0.797. The molecule has 0 aliphatic carbocycles. The molecule has 1 amide bonds. The van der Waals surface area contributed by atoms with Crippen LogP contribution < -0.4 is 5.32 Å². The molecule has 0 radical (unpaired) electrons. The Morgan fingerprint density at radius 2 is 2.28 bits per heavy atom. The molecule has 4 rings (SSSR count). The van der Waals surface area contributed by atoms with Gasteiger partial charge in [-0.05, 0) is 29.6 Å². The first-order valence-electron chi connectivity index (χ1n) is 7.80. The van der Waals surface area contributed by atoms with Gasteiger partial charge in [0.15, 0.2) is 5.82 Å². The van der Waals surface area contributed by atoms with Crippen LogP contribution in [0, 0.1) is 5.82 Å². The summed E-state index contributed by atoms with van der Waals surface area (Å²) in [4.78, 5) is 17.4. The summed E-state index contributed by atoms with van der Waals surface area (Å²) in [7, 11) is 0. The van der Waals surface area contributed by atoms with Crippen LogP contribution in [0.4, 0.5) is 4.39 Å². The van der Waals surface area contributed by atoms with Crippen LogP contribution in [0.15, 0.2) is 35.7 Å². The second-order valence-corrected chi connectivity index (χ2v) is 7.30. The Morgan fingerprint density at radius 3 is 2.96 bits per heavy atom. The molecular formula is C17H14ClFN4OS. The Balaban J connectivity index is 1.75. The molecule has 1 N–H and O–H groups in total. The van der Waals surface area contributed by atoms with Crippen molar-refractivity contribution >= 4 is 28.8 Å². The van der Waals surface area contributed by atoms with Crippen molar-refractivity contribution in [2.24, 2.45) is 0 Å². The number of rotatable bonds is 4. The molecule has 0 bridgehead atoms. The topological polar surface area (TPSA) is 59.8 Å². The minimum Gasteiger partial charge on any atom is -0.355 e. The highest BCUT2D eigenvalue weighted by molar-refractivity contribution is 7.09. The fraction of sp³-hybridized carbons (Fsp3) is 0.235. The van der Waals surface area contributed by atoms with Gasteiger partial charge in [0, 0.05) is 30.2 Å². The number of carbonyl (C=O) groups excluding carboxylic acids is 1.